The van der Waals surface area contributed by atoms with Crippen LogP contribution in [0.4, 0.5) is 0 Å². The van der Waals surface area contributed by atoms with Crippen molar-refractivity contribution in [1.82, 2.24) is 0 Å². The lowest BCUT2D eigenvalue weighted by Gasteiger charge is -2.27. The first-order valence-corrected chi connectivity index (χ1v) is 4.21. The summed E-state index contributed by atoms with van der Waals surface area (Å²) in [6.45, 7) is 8.97. The van der Waals surface area contributed by atoms with Gasteiger partial charge in [0.1, 0.15) is 0 Å². The molecule has 0 aromatic rings. The van der Waals surface area contributed by atoms with Gasteiger partial charge in [0.15, 0.2) is 5.72 Å². The molecule has 0 spiro atoms. The zero-order chi connectivity index (χ0) is 9.99. The second kappa shape index (κ2) is 3.44. The van der Waals surface area contributed by atoms with Gasteiger partial charge in [-0.3, -0.25) is 10.5 Å². The highest BCUT2D eigenvalue weighted by Crippen LogP contribution is 2.23. The van der Waals surface area contributed by atoms with E-state index in [9.17, 15) is 4.79 Å². The van der Waals surface area contributed by atoms with Crippen molar-refractivity contribution in [2.45, 2.75) is 46.8 Å². The molecule has 0 saturated heterocycles. The molecule has 0 atom stereocenters. The minimum Gasteiger partial charge on any atom is -0.444 e. The van der Waals surface area contributed by atoms with Crippen LogP contribution in [0.1, 0.15) is 41.0 Å². The third-order valence-corrected chi connectivity index (χ3v) is 1.79. The van der Waals surface area contributed by atoms with Gasteiger partial charge in [0, 0.05) is 0 Å². The number of nitrogens with two attached hydrogens (primary N) is 1. The number of hydrogen-bond acceptors (Lipinski definition) is 3. The Balaban J connectivity index is 4.23. The largest absolute Gasteiger partial charge is 0.444 e. The molecule has 0 saturated carbocycles. The van der Waals surface area contributed by atoms with Gasteiger partial charge in [-0.15, -0.1) is 0 Å². The van der Waals surface area contributed by atoms with Crippen LogP contribution in [0.15, 0.2) is 0 Å². The predicted octanol–water partition coefficient (Wildman–Crippen LogP) is 1.66. The Kier molecular flexibility index (Phi) is 3.27. The van der Waals surface area contributed by atoms with Gasteiger partial charge < -0.3 is 4.74 Å². The van der Waals surface area contributed by atoms with E-state index in [-0.39, 0.29) is 5.97 Å². The maximum Gasteiger partial charge on any atom is 0.313 e. The highest BCUT2D eigenvalue weighted by Gasteiger charge is 2.30. The van der Waals surface area contributed by atoms with Crippen LogP contribution < -0.4 is 5.73 Å². The quantitative estimate of drug-likeness (QED) is 0.521. The molecule has 0 fully saturated rings. The molecule has 0 heterocycles. The number of esters is 1. The van der Waals surface area contributed by atoms with Gasteiger partial charge in [0.05, 0.1) is 5.41 Å². The Bertz CT molecular complexity index is 168. The first-order valence-electron chi connectivity index (χ1n) is 4.21. The van der Waals surface area contributed by atoms with E-state index in [2.05, 4.69) is 0 Å². The molecule has 12 heavy (non-hydrogen) atoms. The van der Waals surface area contributed by atoms with E-state index in [1.807, 2.05) is 20.8 Å². The van der Waals surface area contributed by atoms with Gasteiger partial charge >= 0.3 is 5.97 Å². The zero-order valence-corrected chi connectivity index (χ0v) is 8.60. The van der Waals surface area contributed by atoms with Crippen LogP contribution in [0.25, 0.3) is 0 Å². The van der Waals surface area contributed by atoms with Gasteiger partial charge in [0.25, 0.3) is 0 Å². The average Bonchev–Trinajstić information content (AvgIpc) is 1.84. The summed E-state index contributed by atoms with van der Waals surface area (Å²) in [4.78, 5) is 11.4. The molecular weight excluding hydrogens is 154 g/mol. The van der Waals surface area contributed by atoms with E-state index in [0.29, 0.717) is 0 Å². The molecule has 0 radical (unpaired) electrons. The molecule has 0 rings (SSSR count). The fraction of sp³-hybridized carbons (Fsp3) is 0.889. The van der Waals surface area contributed by atoms with Gasteiger partial charge in [-0.05, 0) is 34.1 Å². The summed E-state index contributed by atoms with van der Waals surface area (Å²) in [6, 6.07) is 0. The van der Waals surface area contributed by atoms with Crippen molar-refractivity contribution in [3.63, 3.8) is 0 Å². The van der Waals surface area contributed by atoms with Gasteiger partial charge in [-0.25, -0.2) is 0 Å². The highest BCUT2D eigenvalue weighted by atomic mass is 16.6. The molecule has 3 heteroatoms. The Morgan fingerprint density at radius 2 is 1.75 bits per heavy atom. The molecule has 0 unspecified atom stereocenters. The topological polar surface area (TPSA) is 52.3 Å². The van der Waals surface area contributed by atoms with Crippen LogP contribution >= 0.6 is 0 Å². The van der Waals surface area contributed by atoms with E-state index < -0.39 is 11.1 Å². The molecule has 0 aliphatic carbocycles. The van der Waals surface area contributed by atoms with Crippen LogP contribution in [-0.2, 0) is 9.53 Å². The minimum absolute atomic E-state index is 0.238. The van der Waals surface area contributed by atoms with Crippen molar-refractivity contribution in [1.29, 1.82) is 0 Å². The minimum atomic E-state index is -0.872. The van der Waals surface area contributed by atoms with E-state index in [1.165, 1.54) is 0 Å². The van der Waals surface area contributed by atoms with E-state index in [4.69, 9.17) is 10.5 Å². The second-order valence-electron chi connectivity index (χ2n) is 4.23. The fourth-order valence-corrected chi connectivity index (χ4v) is 0.521. The molecule has 0 aromatic carbocycles. The first-order chi connectivity index (χ1) is 5.19. The average molecular weight is 173 g/mol. The van der Waals surface area contributed by atoms with Crippen molar-refractivity contribution in [2.75, 3.05) is 0 Å². The van der Waals surface area contributed by atoms with Crippen molar-refractivity contribution in [2.24, 2.45) is 11.1 Å². The fourth-order valence-electron chi connectivity index (χ4n) is 0.521. The second-order valence-corrected chi connectivity index (χ2v) is 4.23. The first kappa shape index (κ1) is 11.4. The summed E-state index contributed by atoms with van der Waals surface area (Å²) >= 11 is 0. The van der Waals surface area contributed by atoms with Crippen LogP contribution in [0, 0.1) is 5.41 Å². The third-order valence-electron chi connectivity index (χ3n) is 1.79. The monoisotopic (exact) mass is 173 g/mol. The van der Waals surface area contributed by atoms with Crippen molar-refractivity contribution >= 4 is 5.97 Å². The van der Waals surface area contributed by atoms with Crippen molar-refractivity contribution in [3.8, 4) is 0 Å². The van der Waals surface area contributed by atoms with Gasteiger partial charge in [-0.2, -0.15) is 0 Å². The van der Waals surface area contributed by atoms with Crippen LogP contribution in [0.5, 0.6) is 0 Å². The van der Waals surface area contributed by atoms with Crippen LogP contribution in [0.2, 0.25) is 0 Å². The number of carbonyl (C=O) groups is 1. The Labute approximate surface area is 74.3 Å². The zero-order valence-electron chi connectivity index (χ0n) is 8.60. The lowest BCUT2D eigenvalue weighted by Crippen LogP contribution is -2.41. The number of carbonyl (C=O) groups excluding carboxylic acids is 1. The Morgan fingerprint density at radius 1 is 1.33 bits per heavy atom. The van der Waals surface area contributed by atoms with Gasteiger partial charge in [-0.1, -0.05) is 6.92 Å². The summed E-state index contributed by atoms with van der Waals surface area (Å²) < 4.78 is 5.03. The standard InChI is InChI=1S/C9H19NO2/c1-6-8(2,3)7(11)12-9(4,5)10/h6,10H2,1-5H3. The molecule has 2 N–H and O–H groups in total. The summed E-state index contributed by atoms with van der Waals surface area (Å²) in [5.74, 6) is -0.238. The van der Waals surface area contributed by atoms with E-state index in [1.54, 1.807) is 13.8 Å². The summed E-state index contributed by atoms with van der Waals surface area (Å²) in [5.41, 5.74) is 4.24. The third kappa shape index (κ3) is 3.72. The normalized spacial score (nSPS) is 12.8. The Hall–Kier alpha value is -0.570. The van der Waals surface area contributed by atoms with Crippen LogP contribution in [-0.4, -0.2) is 11.7 Å². The lowest BCUT2D eigenvalue weighted by molar-refractivity contribution is -0.166. The van der Waals surface area contributed by atoms with Crippen LogP contribution in [0.3, 0.4) is 0 Å². The number of rotatable bonds is 3. The number of hydrogen-bond donors (Lipinski definition) is 1. The number of ether oxygens (including phenoxy) is 1. The Morgan fingerprint density at radius 3 is 2.00 bits per heavy atom. The predicted molar refractivity (Wildman–Crippen MR) is 48.4 cm³/mol. The molecule has 0 aliphatic rings. The molecule has 72 valence electrons. The smallest absolute Gasteiger partial charge is 0.313 e. The van der Waals surface area contributed by atoms with E-state index >= 15 is 0 Å². The molecule has 0 aromatic heterocycles. The molecule has 3 nitrogen and oxygen atoms in total. The molecule has 0 amide bonds. The maximum absolute atomic E-state index is 11.4. The van der Waals surface area contributed by atoms with E-state index in [0.717, 1.165) is 6.42 Å². The molecular formula is C9H19NO2. The molecule has 0 aliphatic heterocycles. The summed E-state index contributed by atoms with van der Waals surface area (Å²) in [5, 5.41) is 0. The van der Waals surface area contributed by atoms with Crippen molar-refractivity contribution < 1.29 is 9.53 Å². The van der Waals surface area contributed by atoms with Crippen molar-refractivity contribution in [3.05, 3.63) is 0 Å². The highest BCUT2D eigenvalue weighted by molar-refractivity contribution is 5.76. The SMILES string of the molecule is CCC(C)(C)C(=O)OC(C)(C)N. The molecule has 0 bridgehead atoms. The summed E-state index contributed by atoms with van der Waals surface area (Å²) in [6.07, 6.45) is 0.752. The summed E-state index contributed by atoms with van der Waals surface area (Å²) in [7, 11) is 0. The van der Waals surface area contributed by atoms with Gasteiger partial charge in [0.2, 0.25) is 0 Å². The lowest BCUT2D eigenvalue weighted by atomic mass is 9.90. The maximum atomic E-state index is 11.4.